The van der Waals surface area contributed by atoms with Crippen LogP contribution in [0.25, 0.3) is 11.4 Å². The van der Waals surface area contributed by atoms with E-state index in [1.807, 2.05) is 20.8 Å². The van der Waals surface area contributed by atoms with Gasteiger partial charge in [0, 0.05) is 11.5 Å². The molecular weight excluding hydrogens is 401 g/mol. The van der Waals surface area contributed by atoms with Crippen LogP contribution in [0.5, 0.6) is 5.75 Å². The lowest BCUT2D eigenvalue weighted by Gasteiger charge is -2.17. The van der Waals surface area contributed by atoms with E-state index >= 15 is 0 Å². The van der Waals surface area contributed by atoms with Gasteiger partial charge in [-0.15, -0.1) is 10.2 Å². The van der Waals surface area contributed by atoms with Gasteiger partial charge in [-0.1, -0.05) is 25.9 Å². The number of alkyl halides is 3. The first-order chi connectivity index (χ1) is 14.0. The fourth-order valence-electron chi connectivity index (χ4n) is 3.09. The quantitative estimate of drug-likeness (QED) is 0.597. The number of nitrogens with two attached hydrogens (primary N) is 1. The fraction of sp³-hybridized carbons (Fsp3) is 0.474. The Hall–Kier alpha value is -3.11. The zero-order valence-corrected chi connectivity index (χ0v) is 17.3. The van der Waals surface area contributed by atoms with Crippen molar-refractivity contribution in [2.75, 3.05) is 12.4 Å². The van der Waals surface area contributed by atoms with Crippen LogP contribution < -0.4 is 10.6 Å². The van der Waals surface area contributed by atoms with E-state index < -0.39 is 12.1 Å². The van der Waals surface area contributed by atoms with E-state index in [9.17, 15) is 13.2 Å². The van der Waals surface area contributed by atoms with Gasteiger partial charge in [0.1, 0.15) is 5.75 Å². The predicted molar refractivity (Wildman–Crippen MR) is 102 cm³/mol. The summed E-state index contributed by atoms with van der Waals surface area (Å²) in [4.78, 5) is 3.43. The molecule has 3 aromatic rings. The van der Waals surface area contributed by atoms with Crippen molar-refractivity contribution in [2.45, 2.75) is 52.6 Å². The molecule has 0 amide bonds. The number of nitrogens with zero attached hydrogens (tertiary/aromatic N) is 5. The first kappa shape index (κ1) is 21.6. The lowest BCUT2D eigenvalue weighted by molar-refractivity contribution is -0.159. The van der Waals surface area contributed by atoms with Crippen LogP contribution in [0.3, 0.4) is 0 Å². The Bertz CT molecular complexity index is 1020. The first-order valence-electron chi connectivity index (χ1n) is 9.34. The van der Waals surface area contributed by atoms with Crippen molar-refractivity contribution in [3.05, 3.63) is 40.8 Å². The molecule has 2 aromatic heterocycles. The molecule has 2 heterocycles. The second kappa shape index (κ2) is 7.96. The van der Waals surface area contributed by atoms with Crippen LogP contribution in [0.15, 0.2) is 16.7 Å². The number of hydrogen-bond acceptors (Lipinski definition) is 7. The van der Waals surface area contributed by atoms with Crippen molar-refractivity contribution in [3.63, 3.8) is 0 Å². The molecule has 8 nitrogen and oxygen atoms in total. The first-order valence-corrected chi connectivity index (χ1v) is 9.34. The predicted octanol–water partition coefficient (Wildman–Crippen LogP) is 3.98. The molecule has 3 rings (SSSR count). The molecule has 0 spiro atoms. The molecule has 0 saturated carbocycles. The molecule has 0 radical (unpaired) electrons. The van der Waals surface area contributed by atoms with Gasteiger partial charge in [0.05, 0.1) is 12.5 Å². The molecular formula is C19H23F3N6O2. The van der Waals surface area contributed by atoms with Gasteiger partial charge >= 0.3 is 12.1 Å². The summed E-state index contributed by atoms with van der Waals surface area (Å²) in [6.45, 7) is 9.78. The molecule has 162 valence electrons. The van der Waals surface area contributed by atoms with E-state index in [-0.39, 0.29) is 17.7 Å². The van der Waals surface area contributed by atoms with Crippen molar-refractivity contribution in [3.8, 4) is 17.1 Å². The van der Waals surface area contributed by atoms with Crippen LogP contribution in [-0.2, 0) is 6.18 Å². The third kappa shape index (κ3) is 4.24. The maximum Gasteiger partial charge on any atom is 0.471 e. The van der Waals surface area contributed by atoms with Gasteiger partial charge in [-0.25, -0.2) is 4.68 Å². The highest BCUT2D eigenvalue weighted by atomic mass is 19.4. The summed E-state index contributed by atoms with van der Waals surface area (Å²) in [7, 11) is 0. The average molecular weight is 424 g/mol. The third-order valence-electron chi connectivity index (χ3n) is 4.57. The number of aromatic nitrogens is 5. The maximum atomic E-state index is 12.7. The van der Waals surface area contributed by atoms with Crippen molar-refractivity contribution >= 4 is 0 Å². The molecule has 0 aliphatic rings. The number of rotatable bonds is 6. The molecule has 0 saturated heterocycles. The molecule has 1 aromatic carbocycles. The van der Waals surface area contributed by atoms with Crippen molar-refractivity contribution in [1.82, 2.24) is 25.0 Å². The summed E-state index contributed by atoms with van der Waals surface area (Å²) in [6, 6.07) is 3.31. The van der Waals surface area contributed by atoms with Crippen LogP contribution in [-0.4, -0.2) is 31.6 Å². The Morgan fingerprint density at radius 3 is 2.20 bits per heavy atom. The zero-order valence-electron chi connectivity index (χ0n) is 17.3. The van der Waals surface area contributed by atoms with E-state index in [0.29, 0.717) is 29.6 Å². The second-order valence-electron chi connectivity index (χ2n) is 7.51. The summed E-state index contributed by atoms with van der Waals surface area (Å²) in [6.07, 6.45) is -4.69. The monoisotopic (exact) mass is 424 g/mol. The van der Waals surface area contributed by atoms with E-state index in [0.717, 1.165) is 11.1 Å². The zero-order chi connectivity index (χ0) is 22.2. The standard InChI is InChI=1S/C19H23F3N6O2/c1-9(2)16-25-26-17(28(16)23)12(5)8-29-14-10(3)6-13(7-11(14)4)15-24-18(30-27-15)19(20,21)22/h6-7,9,12H,8,23H2,1-5H3. The smallest absolute Gasteiger partial charge is 0.471 e. The summed E-state index contributed by atoms with van der Waals surface area (Å²) in [5.41, 5.74) is 1.87. The van der Waals surface area contributed by atoms with Gasteiger partial charge in [0.2, 0.25) is 5.82 Å². The molecule has 0 bridgehead atoms. The fourth-order valence-corrected chi connectivity index (χ4v) is 3.09. The van der Waals surface area contributed by atoms with Crippen LogP contribution >= 0.6 is 0 Å². The molecule has 0 aliphatic heterocycles. The third-order valence-corrected chi connectivity index (χ3v) is 4.57. The number of benzene rings is 1. The number of hydrogen-bond donors (Lipinski definition) is 1. The topological polar surface area (TPSA) is 105 Å². The Labute approximate surface area is 171 Å². The summed E-state index contributed by atoms with van der Waals surface area (Å²) in [5, 5.41) is 11.7. The number of ether oxygens (including phenoxy) is 1. The van der Waals surface area contributed by atoms with Gasteiger partial charge in [0.25, 0.3) is 0 Å². The SMILES string of the molecule is Cc1cc(-c2noc(C(F)(F)F)n2)cc(C)c1OCC(C)c1nnc(C(C)C)n1N. The molecule has 1 unspecified atom stereocenters. The lowest BCUT2D eigenvalue weighted by atomic mass is 10.0. The lowest BCUT2D eigenvalue weighted by Crippen LogP contribution is -2.21. The molecule has 2 N–H and O–H groups in total. The Morgan fingerprint density at radius 1 is 1.10 bits per heavy atom. The molecule has 0 aliphatic carbocycles. The van der Waals surface area contributed by atoms with Crippen LogP contribution in [0.2, 0.25) is 0 Å². The highest BCUT2D eigenvalue weighted by Crippen LogP contribution is 2.33. The molecule has 0 fully saturated rings. The van der Waals surface area contributed by atoms with E-state index in [2.05, 4.69) is 24.9 Å². The number of aryl methyl sites for hydroxylation is 2. The average Bonchev–Trinajstić information content (AvgIpc) is 3.27. The van der Waals surface area contributed by atoms with Crippen molar-refractivity contribution in [1.29, 1.82) is 0 Å². The Morgan fingerprint density at radius 2 is 1.70 bits per heavy atom. The van der Waals surface area contributed by atoms with E-state index in [4.69, 9.17) is 10.6 Å². The Balaban J connectivity index is 1.77. The minimum atomic E-state index is -4.69. The van der Waals surface area contributed by atoms with Gasteiger partial charge in [-0.3, -0.25) is 0 Å². The van der Waals surface area contributed by atoms with Crippen molar-refractivity contribution < 1.29 is 22.4 Å². The molecule has 11 heteroatoms. The van der Waals surface area contributed by atoms with Crippen LogP contribution in [0, 0.1) is 13.8 Å². The molecule has 30 heavy (non-hydrogen) atoms. The molecule has 1 atom stereocenters. The minimum absolute atomic E-state index is 0.125. The largest absolute Gasteiger partial charge is 0.492 e. The maximum absolute atomic E-state index is 12.7. The number of nitrogen functional groups attached to an aromatic ring is 1. The summed E-state index contributed by atoms with van der Waals surface area (Å²) in [5.74, 6) is 6.51. The number of halogens is 3. The van der Waals surface area contributed by atoms with E-state index in [1.54, 1.807) is 26.0 Å². The second-order valence-corrected chi connectivity index (χ2v) is 7.51. The van der Waals surface area contributed by atoms with Gasteiger partial charge < -0.3 is 15.1 Å². The minimum Gasteiger partial charge on any atom is -0.492 e. The van der Waals surface area contributed by atoms with E-state index in [1.165, 1.54) is 4.68 Å². The van der Waals surface area contributed by atoms with Gasteiger partial charge in [-0.05, 0) is 37.1 Å². The Kier molecular flexibility index (Phi) is 5.73. The normalized spacial score (nSPS) is 13.1. The summed E-state index contributed by atoms with van der Waals surface area (Å²) >= 11 is 0. The highest BCUT2D eigenvalue weighted by molar-refractivity contribution is 5.61. The van der Waals surface area contributed by atoms with Gasteiger partial charge in [0.15, 0.2) is 11.6 Å². The summed E-state index contributed by atoms with van der Waals surface area (Å²) < 4.78 is 49.8. The van der Waals surface area contributed by atoms with Crippen LogP contribution in [0.4, 0.5) is 13.2 Å². The van der Waals surface area contributed by atoms with Gasteiger partial charge in [-0.2, -0.15) is 18.2 Å². The van der Waals surface area contributed by atoms with Crippen molar-refractivity contribution in [2.24, 2.45) is 0 Å². The van der Waals surface area contributed by atoms with Crippen LogP contribution in [0.1, 0.15) is 61.3 Å². The highest BCUT2D eigenvalue weighted by Gasteiger charge is 2.38.